The van der Waals surface area contributed by atoms with Crippen LogP contribution in [0.2, 0.25) is 0 Å². The normalized spacial score (nSPS) is 17.2. The van der Waals surface area contributed by atoms with Crippen molar-refractivity contribution in [3.63, 3.8) is 0 Å². The molecule has 0 amide bonds. The Balaban J connectivity index is 1.41. The summed E-state index contributed by atoms with van der Waals surface area (Å²) in [6.45, 7) is 3.85. The van der Waals surface area contributed by atoms with Gasteiger partial charge < -0.3 is 15.6 Å². The van der Waals surface area contributed by atoms with Crippen LogP contribution in [0.15, 0.2) is 83.2 Å². The van der Waals surface area contributed by atoms with Crippen LogP contribution in [-0.2, 0) is 0 Å². The first-order valence-corrected chi connectivity index (χ1v) is 11.2. The molecule has 0 saturated carbocycles. The molecule has 10 nitrogen and oxygen atoms in total. The summed E-state index contributed by atoms with van der Waals surface area (Å²) in [7, 11) is 0. The second-order valence-corrected chi connectivity index (χ2v) is 7.87. The van der Waals surface area contributed by atoms with Crippen molar-refractivity contribution in [2.75, 3.05) is 39.3 Å². The van der Waals surface area contributed by atoms with Gasteiger partial charge in [-0.3, -0.25) is 19.8 Å². The van der Waals surface area contributed by atoms with Crippen LogP contribution in [0.3, 0.4) is 0 Å². The maximum absolute atomic E-state index is 12.5. The molecule has 0 aliphatic carbocycles. The molecule has 3 aromatic rings. The zero-order valence-electron chi connectivity index (χ0n) is 18.8. The van der Waals surface area contributed by atoms with E-state index in [1.54, 1.807) is 54.9 Å². The van der Waals surface area contributed by atoms with E-state index < -0.39 is 0 Å². The summed E-state index contributed by atoms with van der Waals surface area (Å²) in [5.74, 6) is 0. The predicted octanol–water partition coefficient (Wildman–Crippen LogP) is 0.441. The highest BCUT2D eigenvalue weighted by molar-refractivity contribution is 5.75. The van der Waals surface area contributed by atoms with E-state index in [4.69, 9.17) is 0 Å². The first-order chi connectivity index (χ1) is 16.6. The zero-order chi connectivity index (χ0) is 23.8. The van der Waals surface area contributed by atoms with Gasteiger partial charge >= 0.3 is 0 Å². The Kier molecular flexibility index (Phi) is 7.74. The minimum Gasteiger partial charge on any atom is -0.618 e. The van der Waals surface area contributed by atoms with E-state index in [2.05, 4.69) is 19.8 Å². The van der Waals surface area contributed by atoms with Crippen LogP contribution in [0.4, 0.5) is 0 Å². The van der Waals surface area contributed by atoms with Crippen molar-refractivity contribution in [3.05, 3.63) is 106 Å². The Morgan fingerprint density at radius 3 is 1.65 bits per heavy atom. The van der Waals surface area contributed by atoms with Crippen LogP contribution in [0, 0.1) is 15.6 Å². The molecule has 3 aromatic heterocycles. The lowest BCUT2D eigenvalue weighted by atomic mass is 10.2. The summed E-state index contributed by atoms with van der Waals surface area (Å²) < 4.78 is 2.45. The molecule has 1 aliphatic heterocycles. The predicted molar refractivity (Wildman–Crippen MR) is 127 cm³/mol. The van der Waals surface area contributed by atoms with Crippen molar-refractivity contribution < 1.29 is 14.2 Å². The van der Waals surface area contributed by atoms with Crippen molar-refractivity contribution in [1.82, 2.24) is 9.80 Å². The van der Waals surface area contributed by atoms with Gasteiger partial charge in [-0.05, 0) is 18.2 Å². The fourth-order valence-corrected chi connectivity index (χ4v) is 3.99. The molecule has 1 saturated heterocycles. The SMILES string of the molecule is [O-][n+]1ccccc1C=NCCN1CCN(CCN=Cc2cccc[n+]2[O-])C1c1cccc[n+]1[O-]. The van der Waals surface area contributed by atoms with E-state index in [1.165, 1.54) is 18.6 Å². The van der Waals surface area contributed by atoms with Gasteiger partial charge in [0, 0.05) is 62.6 Å². The molecule has 10 heteroatoms. The fourth-order valence-electron chi connectivity index (χ4n) is 3.99. The van der Waals surface area contributed by atoms with Gasteiger partial charge in [0.2, 0.25) is 17.1 Å². The van der Waals surface area contributed by atoms with Crippen LogP contribution in [0.1, 0.15) is 23.2 Å². The molecule has 1 aliphatic rings. The van der Waals surface area contributed by atoms with Crippen molar-refractivity contribution in [2.24, 2.45) is 9.98 Å². The van der Waals surface area contributed by atoms with Crippen LogP contribution in [0.25, 0.3) is 0 Å². The lowest BCUT2D eigenvalue weighted by Gasteiger charge is -2.28. The highest BCUT2D eigenvalue weighted by Crippen LogP contribution is 2.27. The largest absolute Gasteiger partial charge is 0.618 e. The number of rotatable bonds is 9. The van der Waals surface area contributed by atoms with Crippen molar-refractivity contribution >= 4 is 12.4 Å². The first-order valence-electron chi connectivity index (χ1n) is 11.2. The second kappa shape index (κ2) is 11.3. The van der Waals surface area contributed by atoms with Gasteiger partial charge in [-0.15, -0.1) is 0 Å². The van der Waals surface area contributed by atoms with Crippen molar-refractivity contribution in [2.45, 2.75) is 6.17 Å². The van der Waals surface area contributed by atoms with Gasteiger partial charge in [-0.2, -0.15) is 14.2 Å². The van der Waals surface area contributed by atoms with E-state index in [1.807, 2.05) is 12.1 Å². The molecule has 0 aromatic carbocycles. The van der Waals surface area contributed by atoms with Gasteiger partial charge in [0.05, 0.1) is 25.5 Å². The summed E-state index contributed by atoms with van der Waals surface area (Å²) in [5.41, 5.74) is 1.62. The third kappa shape index (κ3) is 5.72. The third-order valence-electron chi connectivity index (χ3n) is 5.67. The van der Waals surface area contributed by atoms with Crippen LogP contribution < -0.4 is 14.2 Å². The number of aliphatic imine (C=N–C) groups is 2. The molecular weight excluding hydrogens is 434 g/mol. The van der Waals surface area contributed by atoms with Gasteiger partial charge in [0.15, 0.2) is 24.8 Å². The minimum atomic E-state index is -0.202. The molecular formula is C24H27N7O3. The molecule has 176 valence electrons. The molecule has 4 rings (SSSR count). The zero-order valence-corrected chi connectivity index (χ0v) is 18.8. The van der Waals surface area contributed by atoms with Crippen LogP contribution in [0.5, 0.6) is 0 Å². The molecule has 0 unspecified atom stereocenters. The molecule has 0 spiro atoms. The van der Waals surface area contributed by atoms with E-state index in [0.717, 1.165) is 27.3 Å². The summed E-state index contributed by atoms with van der Waals surface area (Å²) in [4.78, 5) is 13.2. The Morgan fingerprint density at radius 2 is 1.18 bits per heavy atom. The molecule has 4 heterocycles. The van der Waals surface area contributed by atoms with Crippen molar-refractivity contribution in [3.8, 4) is 0 Å². The number of aromatic nitrogens is 3. The van der Waals surface area contributed by atoms with Gasteiger partial charge in [0.1, 0.15) is 0 Å². The smallest absolute Gasteiger partial charge is 0.234 e. The first kappa shape index (κ1) is 23.3. The standard InChI is InChI=1S/C24H27N7O3/c32-29-12-4-1-7-21(29)19-25-10-15-27-17-18-28(24(27)23-9-3-6-14-31(23)34)16-11-26-20-22-8-2-5-13-30(22)33/h1-9,12-14,19-20,24H,10-11,15-18H2. The highest BCUT2D eigenvalue weighted by atomic mass is 16.5. The maximum atomic E-state index is 12.5. The molecule has 1 fully saturated rings. The maximum Gasteiger partial charge on any atom is 0.234 e. The molecule has 0 bridgehead atoms. The number of hydrogen-bond acceptors (Lipinski definition) is 7. The van der Waals surface area contributed by atoms with Crippen molar-refractivity contribution in [1.29, 1.82) is 0 Å². The topological polar surface area (TPSA) is 112 Å². The molecule has 34 heavy (non-hydrogen) atoms. The quantitative estimate of drug-likeness (QED) is 0.261. The van der Waals surface area contributed by atoms with E-state index in [-0.39, 0.29) is 6.17 Å². The Hall–Kier alpha value is -3.89. The second-order valence-electron chi connectivity index (χ2n) is 7.87. The van der Waals surface area contributed by atoms with Gasteiger partial charge in [0.25, 0.3) is 0 Å². The lowest BCUT2D eigenvalue weighted by molar-refractivity contribution is -0.618. The monoisotopic (exact) mass is 461 g/mol. The average molecular weight is 462 g/mol. The summed E-state index contributed by atoms with van der Waals surface area (Å²) in [6.07, 6.45) is 7.33. The van der Waals surface area contributed by atoms with E-state index in [0.29, 0.717) is 43.3 Å². The van der Waals surface area contributed by atoms with E-state index >= 15 is 0 Å². The Morgan fingerprint density at radius 1 is 0.706 bits per heavy atom. The Labute approximate surface area is 198 Å². The van der Waals surface area contributed by atoms with Crippen LogP contribution >= 0.6 is 0 Å². The Bertz CT molecular complexity index is 1090. The minimum absolute atomic E-state index is 0.202. The average Bonchev–Trinajstić information content (AvgIpc) is 3.24. The molecule has 0 radical (unpaired) electrons. The summed E-state index contributed by atoms with van der Waals surface area (Å²) in [5, 5.41) is 36.1. The fraction of sp³-hybridized carbons (Fsp3) is 0.292. The number of hydrogen-bond donors (Lipinski definition) is 0. The summed E-state index contributed by atoms with van der Waals surface area (Å²) >= 11 is 0. The van der Waals surface area contributed by atoms with Gasteiger partial charge in [-0.25, -0.2) is 0 Å². The number of pyridine rings is 3. The lowest BCUT2D eigenvalue weighted by Crippen LogP contribution is -2.43. The van der Waals surface area contributed by atoms with Crippen LogP contribution in [-0.4, -0.2) is 61.5 Å². The van der Waals surface area contributed by atoms with E-state index in [9.17, 15) is 15.6 Å². The molecule has 0 atom stereocenters. The van der Waals surface area contributed by atoms with Gasteiger partial charge in [-0.1, -0.05) is 0 Å². The highest BCUT2D eigenvalue weighted by Gasteiger charge is 2.37. The third-order valence-corrected chi connectivity index (χ3v) is 5.67. The summed E-state index contributed by atoms with van der Waals surface area (Å²) in [6, 6.07) is 15.8. The number of nitrogens with zero attached hydrogens (tertiary/aromatic N) is 7. The molecule has 0 N–H and O–H groups in total.